The lowest BCUT2D eigenvalue weighted by molar-refractivity contribution is 0.0620. The standard InChI is InChI=1S/C11H18F2N4/c1-8-5-16(6-9(2)15-8)7-10-14-3-4-17(10)11(12)13/h3-4,8-9,11,15H,5-7H2,1-2H3. The van der Waals surface area contributed by atoms with Gasteiger partial charge in [0.15, 0.2) is 0 Å². The molecule has 17 heavy (non-hydrogen) atoms. The highest BCUT2D eigenvalue weighted by atomic mass is 19.3. The zero-order chi connectivity index (χ0) is 12.4. The minimum absolute atomic E-state index is 0.383. The third-order valence-electron chi connectivity index (χ3n) is 2.96. The molecule has 1 fully saturated rings. The van der Waals surface area contributed by atoms with Crippen LogP contribution in [0.2, 0.25) is 0 Å². The van der Waals surface area contributed by atoms with E-state index in [0.717, 1.165) is 17.7 Å². The van der Waals surface area contributed by atoms with Crippen molar-refractivity contribution >= 4 is 0 Å². The fraction of sp³-hybridized carbons (Fsp3) is 0.727. The molecule has 2 unspecified atom stereocenters. The summed E-state index contributed by atoms with van der Waals surface area (Å²) in [5, 5.41) is 3.41. The molecule has 2 atom stereocenters. The normalized spacial score (nSPS) is 26.6. The van der Waals surface area contributed by atoms with Gasteiger partial charge in [-0.1, -0.05) is 0 Å². The Balaban J connectivity index is 2.02. The predicted molar refractivity (Wildman–Crippen MR) is 60.8 cm³/mol. The van der Waals surface area contributed by atoms with Gasteiger partial charge >= 0.3 is 6.55 Å². The van der Waals surface area contributed by atoms with Crippen LogP contribution in [0.3, 0.4) is 0 Å². The van der Waals surface area contributed by atoms with E-state index < -0.39 is 6.55 Å². The van der Waals surface area contributed by atoms with Gasteiger partial charge in [0.1, 0.15) is 5.82 Å². The fourth-order valence-corrected chi connectivity index (χ4v) is 2.41. The van der Waals surface area contributed by atoms with Gasteiger partial charge in [-0.05, 0) is 13.8 Å². The number of piperazine rings is 1. The third kappa shape index (κ3) is 3.01. The van der Waals surface area contributed by atoms with Crippen molar-refractivity contribution in [3.8, 4) is 0 Å². The first kappa shape index (κ1) is 12.4. The minimum Gasteiger partial charge on any atom is -0.309 e. The Morgan fingerprint density at radius 3 is 2.65 bits per heavy atom. The molecule has 2 rings (SSSR count). The maximum Gasteiger partial charge on any atom is 0.319 e. The second-order valence-corrected chi connectivity index (χ2v) is 4.69. The predicted octanol–water partition coefficient (Wildman–Crippen LogP) is 1.46. The molecule has 6 heteroatoms. The van der Waals surface area contributed by atoms with Crippen LogP contribution in [0.25, 0.3) is 0 Å². The number of imidazole rings is 1. The smallest absolute Gasteiger partial charge is 0.309 e. The quantitative estimate of drug-likeness (QED) is 0.874. The molecule has 1 aromatic heterocycles. The van der Waals surface area contributed by atoms with Crippen molar-refractivity contribution in [3.05, 3.63) is 18.2 Å². The largest absolute Gasteiger partial charge is 0.319 e. The van der Waals surface area contributed by atoms with E-state index in [1.807, 2.05) is 0 Å². The van der Waals surface area contributed by atoms with Crippen LogP contribution in [0.5, 0.6) is 0 Å². The highest BCUT2D eigenvalue weighted by Crippen LogP contribution is 2.15. The number of hydrogen-bond acceptors (Lipinski definition) is 3. The van der Waals surface area contributed by atoms with Gasteiger partial charge in [-0.15, -0.1) is 0 Å². The third-order valence-corrected chi connectivity index (χ3v) is 2.96. The highest BCUT2D eigenvalue weighted by Gasteiger charge is 2.22. The maximum absolute atomic E-state index is 12.7. The van der Waals surface area contributed by atoms with Crippen LogP contribution >= 0.6 is 0 Å². The van der Waals surface area contributed by atoms with Gasteiger partial charge in [0, 0.05) is 37.6 Å². The molecule has 1 aliphatic heterocycles. The molecule has 1 aromatic rings. The van der Waals surface area contributed by atoms with E-state index in [4.69, 9.17) is 0 Å². The Kier molecular flexibility index (Phi) is 3.73. The van der Waals surface area contributed by atoms with Crippen LogP contribution < -0.4 is 5.32 Å². The molecule has 1 saturated heterocycles. The van der Waals surface area contributed by atoms with Gasteiger partial charge in [0.25, 0.3) is 0 Å². The molecule has 0 amide bonds. The van der Waals surface area contributed by atoms with E-state index in [9.17, 15) is 8.78 Å². The lowest BCUT2D eigenvalue weighted by Crippen LogP contribution is -2.53. The molecule has 0 aromatic carbocycles. The molecule has 0 saturated carbocycles. The lowest BCUT2D eigenvalue weighted by atomic mass is 10.1. The maximum atomic E-state index is 12.7. The molecule has 0 bridgehead atoms. The van der Waals surface area contributed by atoms with Crippen LogP contribution in [0.15, 0.2) is 12.4 Å². The molecule has 0 spiro atoms. The van der Waals surface area contributed by atoms with Gasteiger partial charge < -0.3 is 5.32 Å². The summed E-state index contributed by atoms with van der Waals surface area (Å²) in [7, 11) is 0. The second kappa shape index (κ2) is 5.10. The van der Waals surface area contributed by atoms with Crippen LogP contribution in [0.4, 0.5) is 8.78 Å². The van der Waals surface area contributed by atoms with E-state index in [1.165, 1.54) is 12.4 Å². The first-order chi connectivity index (χ1) is 8.06. The molecule has 0 radical (unpaired) electrons. The summed E-state index contributed by atoms with van der Waals surface area (Å²) in [6.07, 6.45) is 2.76. The Bertz CT molecular complexity index is 356. The van der Waals surface area contributed by atoms with Gasteiger partial charge in [-0.3, -0.25) is 9.47 Å². The average Bonchev–Trinajstić information content (AvgIpc) is 2.63. The zero-order valence-electron chi connectivity index (χ0n) is 10.1. The summed E-state index contributed by atoms with van der Waals surface area (Å²) in [6, 6.07) is 0.766. The second-order valence-electron chi connectivity index (χ2n) is 4.69. The van der Waals surface area contributed by atoms with Gasteiger partial charge in [0.05, 0.1) is 6.54 Å². The van der Waals surface area contributed by atoms with Crippen LogP contribution in [-0.4, -0.2) is 39.6 Å². The average molecular weight is 244 g/mol. The van der Waals surface area contributed by atoms with Crippen molar-refractivity contribution in [3.63, 3.8) is 0 Å². The van der Waals surface area contributed by atoms with Crippen LogP contribution in [0, 0.1) is 0 Å². The lowest BCUT2D eigenvalue weighted by Gasteiger charge is -2.35. The summed E-state index contributed by atoms with van der Waals surface area (Å²) in [6.45, 7) is 3.89. The van der Waals surface area contributed by atoms with Crippen molar-refractivity contribution in [2.45, 2.75) is 39.0 Å². The monoisotopic (exact) mass is 244 g/mol. The van der Waals surface area contributed by atoms with Gasteiger partial charge in [-0.25, -0.2) is 4.98 Å². The summed E-state index contributed by atoms with van der Waals surface area (Å²) in [4.78, 5) is 6.16. The topological polar surface area (TPSA) is 33.1 Å². The summed E-state index contributed by atoms with van der Waals surface area (Å²) in [5.41, 5.74) is 0. The Morgan fingerprint density at radius 2 is 2.06 bits per heavy atom. The van der Waals surface area contributed by atoms with Crippen molar-refractivity contribution < 1.29 is 8.78 Å². The number of rotatable bonds is 3. The van der Waals surface area contributed by atoms with E-state index in [0.29, 0.717) is 24.5 Å². The van der Waals surface area contributed by atoms with E-state index in [1.54, 1.807) is 0 Å². The molecular weight excluding hydrogens is 226 g/mol. The van der Waals surface area contributed by atoms with Crippen molar-refractivity contribution in [1.82, 2.24) is 19.8 Å². The molecule has 2 heterocycles. The summed E-state index contributed by atoms with van der Waals surface area (Å²) < 4.78 is 26.2. The highest BCUT2D eigenvalue weighted by molar-refractivity contribution is 4.94. The van der Waals surface area contributed by atoms with Crippen LogP contribution in [0.1, 0.15) is 26.2 Å². The molecule has 0 aliphatic carbocycles. The van der Waals surface area contributed by atoms with Crippen LogP contribution in [-0.2, 0) is 6.54 Å². The first-order valence-corrected chi connectivity index (χ1v) is 5.84. The van der Waals surface area contributed by atoms with Crippen molar-refractivity contribution in [2.24, 2.45) is 0 Å². The zero-order valence-corrected chi connectivity index (χ0v) is 10.1. The summed E-state index contributed by atoms with van der Waals surface area (Å²) in [5.74, 6) is 0.432. The van der Waals surface area contributed by atoms with Gasteiger partial charge in [0.2, 0.25) is 0 Å². The molecule has 1 N–H and O–H groups in total. The van der Waals surface area contributed by atoms with E-state index >= 15 is 0 Å². The fourth-order valence-electron chi connectivity index (χ4n) is 2.41. The van der Waals surface area contributed by atoms with E-state index in [-0.39, 0.29) is 0 Å². The molecular formula is C11H18F2N4. The Labute approximate surface area is 99.6 Å². The molecule has 1 aliphatic rings. The number of alkyl halides is 2. The van der Waals surface area contributed by atoms with Gasteiger partial charge in [-0.2, -0.15) is 8.78 Å². The van der Waals surface area contributed by atoms with Crippen molar-refractivity contribution in [2.75, 3.05) is 13.1 Å². The number of hydrogen-bond donors (Lipinski definition) is 1. The number of nitrogens with zero attached hydrogens (tertiary/aromatic N) is 3. The van der Waals surface area contributed by atoms with Crippen molar-refractivity contribution in [1.29, 1.82) is 0 Å². The number of aromatic nitrogens is 2. The number of halogens is 2. The molecule has 4 nitrogen and oxygen atoms in total. The number of nitrogens with one attached hydrogen (secondary N) is 1. The minimum atomic E-state index is -2.51. The van der Waals surface area contributed by atoms with E-state index in [2.05, 4.69) is 29.0 Å². The Morgan fingerprint density at radius 1 is 1.41 bits per heavy atom. The Hall–Kier alpha value is -1.01. The molecule has 96 valence electrons. The summed E-state index contributed by atoms with van der Waals surface area (Å²) >= 11 is 0. The first-order valence-electron chi connectivity index (χ1n) is 5.84. The SMILES string of the molecule is CC1CN(Cc2nccn2C(F)F)CC(C)N1.